The number of methoxy groups -OCH3 is 1. The molecule has 1 aromatic carbocycles. The van der Waals surface area contributed by atoms with Gasteiger partial charge in [0, 0.05) is 46.3 Å². The van der Waals surface area contributed by atoms with E-state index in [1.807, 2.05) is 29.2 Å². The highest BCUT2D eigenvalue weighted by Crippen LogP contribution is 2.38. The Morgan fingerprint density at radius 3 is 2.96 bits per heavy atom. The van der Waals surface area contributed by atoms with Crippen molar-refractivity contribution < 1.29 is 14.3 Å². The second-order valence-corrected chi connectivity index (χ2v) is 8.25. The largest absolute Gasteiger partial charge is 0.385 e. The Bertz CT molecular complexity index is 762. The molecule has 2 aliphatic rings. The van der Waals surface area contributed by atoms with Crippen molar-refractivity contribution in [3.63, 3.8) is 0 Å². The van der Waals surface area contributed by atoms with Crippen LogP contribution in [0.4, 0.5) is 0 Å². The molecule has 1 N–H and O–H groups in total. The molecule has 1 amide bonds. The smallest absolute Gasteiger partial charge is 0.223 e. The summed E-state index contributed by atoms with van der Waals surface area (Å²) in [5.41, 5.74) is 1.97. The van der Waals surface area contributed by atoms with Gasteiger partial charge in [-0.3, -0.25) is 4.79 Å². The van der Waals surface area contributed by atoms with Gasteiger partial charge in [0.2, 0.25) is 5.91 Å². The van der Waals surface area contributed by atoms with E-state index in [1.54, 1.807) is 7.11 Å². The number of ether oxygens (including phenoxy) is 2. The number of fused-ring (bicyclic) bond motifs is 1. The van der Waals surface area contributed by atoms with Gasteiger partial charge in [-0.25, -0.2) is 4.98 Å². The first kappa shape index (κ1) is 19.4. The zero-order valence-electron chi connectivity index (χ0n) is 16.8. The minimum absolute atomic E-state index is 0.0217. The summed E-state index contributed by atoms with van der Waals surface area (Å²) in [5, 5.41) is 0. The van der Waals surface area contributed by atoms with E-state index in [9.17, 15) is 4.79 Å². The van der Waals surface area contributed by atoms with Gasteiger partial charge in [0.25, 0.3) is 0 Å². The average Bonchev–Trinajstić information content (AvgIpc) is 3.14. The maximum Gasteiger partial charge on any atom is 0.223 e. The number of piperidine rings is 1. The first-order valence-electron chi connectivity index (χ1n) is 10.5. The number of amides is 1. The number of imidazole rings is 1. The molecule has 4 rings (SSSR count). The molecular weight excluding hydrogens is 354 g/mol. The topological polar surface area (TPSA) is 67.5 Å². The van der Waals surface area contributed by atoms with Gasteiger partial charge < -0.3 is 19.4 Å². The number of aromatic amines is 1. The van der Waals surface area contributed by atoms with E-state index in [-0.39, 0.29) is 11.5 Å². The number of aromatic nitrogens is 2. The van der Waals surface area contributed by atoms with Crippen LogP contribution in [0.25, 0.3) is 11.0 Å². The Balaban J connectivity index is 1.26. The van der Waals surface area contributed by atoms with E-state index in [1.165, 1.54) is 0 Å². The fourth-order valence-corrected chi connectivity index (χ4v) is 4.68. The van der Waals surface area contributed by atoms with Crippen molar-refractivity contribution in [1.82, 2.24) is 14.9 Å². The number of carbonyl (C=O) groups is 1. The lowest BCUT2D eigenvalue weighted by molar-refractivity contribution is -0.147. The van der Waals surface area contributed by atoms with Gasteiger partial charge in [-0.1, -0.05) is 12.1 Å². The summed E-state index contributed by atoms with van der Waals surface area (Å²) in [4.78, 5) is 22.6. The lowest BCUT2D eigenvalue weighted by Gasteiger charge is -2.46. The number of hydrogen-bond acceptors (Lipinski definition) is 4. The van der Waals surface area contributed by atoms with Crippen LogP contribution in [0, 0.1) is 5.92 Å². The highest BCUT2D eigenvalue weighted by Gasteiger charge is 2.40. The van der Waals surface area contributed by atoms with Crippen molar-refractivity contribution in [2.45, 2.75) is 50.5 Å². The van der Waals surface area contributed by atoms with Crippen LogP contribution < -0.4 is 0 Å². The number of para-hydroxylation sites is 2. The summed E-state index contributed by atoms with van der Waals surface area (Å²) in [6.07, 6.45) is 6.42. The second kappa shape index (κ2) is 8.62. The van der Waals surface area contributed by atoms with Crippen LogP contribution in [0.5, 0.6) is 0 Å². The summed E-state index contributed by atoms with van der Waals surface area (Å²) in [6, 6.07) is 7.98. The minimum Gasteiger partial charge on any atom is -0.385 e. The fourth-order valence-electron chi connectivity index (χ4n) is 4.68. The molecule has 0 radical (unpaired) electrons. The predicted molar refractivity (Wildman–Crippen MR) is 108 cm³/mol. The summed E-state index contributed by atoms with van der Waals surface area (Å²) in [7, 11) is 1.77. The van der Waals surface area contributed by atoms with E-state index in [2.05, 4.69) is 9.97 Å². The van der Waals surface area contributed by atoms with Crippen LogP contribution in [0.15, 0.2) is 24.3 Å². The summed E-state index contributed by atoms with van der Waals surface area (Å²) < 4.78 is 11.5. The molecule has 6 heteroatoms. The maximum absolute atomic E-state index is 12.7. The molecule has 28 heavy (non-hydrogen) atoms. The summed E-state index contributed by atoms with van der Waals surface area (Å²) in [6.45, 7) is 3.27. The first-order chi connectivity index (χ1) is 13.7. The Kier molecular flexibility index (Phi) is 5.97. The first-order valence-corrected chi connectivity index (χ1v) is 10.5. The summed E-state index contributed by atoms with van der Waals surface area (Å²) in [5.74, 6) is 1.80. The minimum atomic E-state index is -0.0217. The van der Waals surface area contributed by atoms with Gasteiger partial charge >= 0.3 is 0 Å². The number of H-pyrrole nitrogens is 1. The third-order valence-electron chi connectivity index (χ3n) is 6.37. The van der Waals surface area contributed by atoms with Crippen molar-refractivity contribution >= 4 is 16.9 Å². The quantitative estimate of drug-likeness (QED) is 0.828. The van der Waals surface area contributed by atoms with Gasteiger partial charge in [0.05, 0.1) is 16.6 Å². The van der Waals surface area contributed by atoms with E-state index in [0.29, 0.717) is 18.8 Å². The number of nitrogens with one attached hydrogen (secondary N) is 1. The van der Waals surface area contributed by atoms with Crippen LogP contribution in [0.1, 0.15) is 44.3 Å². The maximum atomic E-state index is 12.7. The SMILES string of the molecule is COCCC1CCOC2(CCN(C(=O)CCc3nc4ccccc4[nH]3)CC2)C1. The molecule has 1 atom stereocenters. The molecule has 0 aliphatic carbocycles. The molecule has 1 unspecified atom stereocenters. The third kappa shape index (κ3) is 4.39. The second-order valence-electron chi connectivity index (χ2n) is 8.25. The molecule has 3 heterocycles. The van der Waals surface area contributed by atoms with E-state index >= 15 is 0 Å². The third-order valence-corrected chi connectivity index (χ3v) is 6.37. The van der Waals surface area contributed by atoms with Gasteiger partial charge in [0.1, 0.15) is 5.82 Å². The number of likely N-dealkylation sites (tertiary alicyclic amines) is 1. The van der Waals surface area contributed by atoms with Gasteiger partial charge in [-0.05, 0) is 50.2 Å². The summed E-state index contributed by atoms with van der Waals surface area (Å²) >= 11 is 0. The van der Waals surface area contributed by atoms with Gasteiger partial charge in [-0.15, -0.1) is 0 Å². The van der Waals surface area contributed by atoms with Crippen molar-refractivity contribution in [1.29, 1.82) is 0 Å². The van der Waals surface area contributed by atoms with Gasteiger partial charge in [-0.2, -0.15) is 0 Å². The molecule has 152 valence electrons. The molecule has 2 aromatic rings. The number of hydrogen-bond donors (Lipinski definition) is 1. The molecule has 2 fully saturated rings. The van der Waals surface area contributed by atoms with Crippen LogP contribution in [-0.2, 0) is 20.7 Å². The van der Waals surface area contributed by atoms with Crippen LogP contribution in [-0.4, -0.2) is 59.8 Å². The van der Waals surface area contributed by atoms with Crippen molar-refractivity contribution in [2.24, 2.45) is 5.92 Å². The number of nitrogens with zero attached hydrogens (tertiary/aromatic N) is 2. The lowest BCUT2D eigenvalue weighted by Crippen LogP contribution is -2.50. The zero-order chi connectivity index (χ0) is 19.4. The zero-order valence-corrected chi connectivity index (χ0v) is 16.8. The molecule has 0 bridgehead atoms. The molecule has 2 aliphatic heterocycles. The van der Waals surface area contributed by atoms with E-state index < -0.39 is 0 Å². The molecule has 1 spiro atoms. The average molecular weight is 386 g/mol. The number of rotatable bonds is 6. The monoisotopic (exact) mass is 385 g/mol. The number of carbonyl (C=O) groups excluding carboxylic acids is 1. The molecular formula is C22H31N3O3. The molecule has 2 saturated heterocycles. The van der Waals surface area contributed by atoms with Crippen LogP contribution in [0.2, 0.25) is 0 Å². The van der Waals surface area contributed by atoms with Crippen molar-refractivity contribution in [3.05, 3.63) is 30.1 Å². The van der Waals surface area contributed by atoms with Gasteiger partial charge in [0.15, 0.2) is 0 Å². The molecule has 0 saturated carbocycles. The van der Waals surface area contributed by atoms with Crippen LogP contribution >= 0.6 is 0 Å². The predicted octanol–water partition coefficient (Wildman–Crippen LogP) is 3.32. The number of aryl methyl sites for hydroxylation is 1. The Morgan fingerprint density at radius 1 is 1.36 bits per heavy atom. The normalized spacial score (nSPS) is 22.0. The lowest BCUT2D eigenvalue weighted by atomic mass is 9.78. The fraction of sp³-hybridized carbons (Fsp3) is 0.636. The molecule has 6 nitrogen and oxygen atoms in total. The highest BCUT2D eigenvalue weighted by molar-refractivity contribution is 5.77. The van der Waals surface area contributed by atoms with Crippen LogP contribution in [0.3, 0.4) is 0 Å². The molecule has 1 aromatic heterocycles. The van der Waals surface area contributed by atoms with Crippen molar-refractivity contribution in [2.75, 3.05) is 33.4 Å². The standard InChI is InChI=1S/C22H31N3O3/c1-27-14-8-17-9-15-28-22(16-17)10-12-25(13-11-22)21(26)7-6-20-23-18-4-2-3-5-19(18)24-20/h2-5,17H,6-16H2,1H3,(H,23,24). The highest BCUT2D eigenvalue weighted by atomic mass is 16.5. The Labute approximate surface area is 166 Å². The Hall–Kier alpha value is -1.92. The van der Waals surface area contributed by atoms with E-state index in [0.717, 1.165) is 75.3 Å². The van der Waals surface area contributed by atoms with Crippen molar-refractivity contribution in [3.8, 4) is 0 Å². The Morgan fingerprint density at radius 2 is 2.18 bits per heavy atom. The van der Waals surface area contributed by atoms with E-state index in [4.69, 9.17) is 9.47 Å². The number of benzene rings is 1.